The number of hydrogen-bond donors (Lipinski definition) is 2. The fraction of sp³-hybridized carbons (Fsp3) is 0.500. The predicted octanol–water partition coefficient (Wildman–Crippen LogP) is 4.06. The molecule has 1 aliphatic rings. The highest BCUT2D eigenvalue weighted by Gasteiger charge is 2.35. The van der Waals surface area contributed by atoms with Crippen LogP contribution in [0.4, 0.5) is 24.9 Å². The summed E-state index contributed by atoms with van der Waals surface area (Å²) in [5.41, 5.74) is -1.00. The Morgan fingerprint density at radius 2 is 2.00 bits per heavy atom. The second-order valence-corrected chi connectivity index (χ2v) is 7.58. The second-order valence-electron chi connectivity index (χ2n) is 7.17. The summed E-state index contributed by atoms with van der Waals surface area (Å²) in [5, 5.41) is 5.62. The highest BCUT2D eigenvalue weighted by molar-refractivity contribution is 7.80. The van der Waals surface area contributed by atoms with E-state index in [1.54, 1.807) is 12.1 Å². The largest absolute Gasteiger partial charge is 0.467 e. The number of aromatic nitrogens is 2. The van der Waals surface area contributed by atoms with Gasteiger partial charge in [0.25, 0.3) is 0 Å². The van der Waals surface area contributed by atoms with Crippen molar-refractivity contribution in [2.75, 3.05) is 23.3 Å². The van der Waals surface area contributed by atoms with E-state index < -0.39 is 11.9 Å². The molecule has 152 valence electrons. The smallest absolute Gasteiger partial charge is 0.433 e. The molecule has 3 rings (SSSR count). The zero-order valence-electron chi connectivity index (χ0n) is 15.6. The summed E-state index contributed by atoms with van der Waals surface area (Å²) >= 11 is 5.14. The normalized spacial score (nSPS) is 20.1. The number of alkyl halides is 3. The van der Waals surface area contributed by atoms with Crippen molar-refractivity contribution in [2.24, 2.45) is 11.8 Å². The van der Waals surface area contributed by atoms with Gasteiger partial charge in [-0.05, 0) is 42.6 Å². The molecule has 0 bridgehead atoms. The van der Waals surface area contributed by atoms with Gasteiger partial charge in [0.15, 0.2) is 10.8 Å². The van der Waals surface area contributed by atoms with Gasteiger partial charge in [-0.3, -0.25) is 0 Å². The Labute approximate surface area is 166 Å². The van der Waals surface area contributed by atoms with Crippen molar-refractivity contribution in [1.82, 2.24) is 15.3 Å². The zero-order valence-corrected chi connectivity index (χ0v) is 16.4. The van der Waals surface area contributed by atoms with Crippen LogP contribution in [0.15, 0.2) is 28.9 Å². The van der Waals surface area contributed by atoms with E-state index in [0.717, 1.165) is 12.5 Å². The van der Waals surface area contributed by atoms with Crippen molar-refractivity contribution < 1.29 is 17.6 Å². The molecule has 1 aliphatic heterocycles. The average Bonchev–Trinajstić information content (AvgIpc) is 3.11. The number of halogens is 3. The van der Waals surface area contributed by atoms with Crippen molar-refractivity contribution in [2.45, 2.75) is 33.0 Å². The molecule has 0 unspecified atom stereocenters. The van der Waals surface area contributed by atoms with Gasteiger partial charge in [-0.15, -0.1) is 0 Å². The molecule has 2 aromatic heterocycles. The minimum Gasteiger partial charge on any atom is -0.467 e. The first kappa shape index (κ1) is 20.4. The fourth-order valence-electron chi connectivity index (χ4n) is 3.37. The van der Waals surface area contributed by atoms with Crippen LogP contribution in [0.5, 0.6) is 0 Å². The minimum absolute atomic E-state index is 0.113. The Morgan fingerprint density at radius 1 is 1.29 bits per heavy atom. The van der Waals surface area contributed by atoms with Gasteiger partial charge in [0.2, 0.25) is 5.95 Å². The van der Waals surface area contributed by atoms with Gasteiger partial charge in [-0.1, -0.05) is 13.8 Å². The summed E-state index contributed by atoms with van der Waals surface area (Å²) in [6.07, 6.45) is -2.01. The topological polar surface area (TPSA) is 66.2 Å². The van der Waals surface area contributed by atoms with Gasteiger partial charge in [-0.25, -0.2) is 4.98 Å². The highest BCUT2D eigenvalue weighted by Crippen LogP contribution is 2.32. The van der Waals surface area contributed by atoms with E-state index in [2.05, 4.69) is 34.4 Å². The highest BCUT2D eigenvalue weighted by atomic mass is 32.1. The lowest BCUT2D eigenvalue weighted by molar-refractivity contribution is -0.141. The summed E-state index contributed by atoms with van der Waals surface area (Å²) < 4.78 is 45.2. The summed E-state index contributed by atoms with van der Waals surface area (Å²) in [6.45, 7) is 5.77. The lowest BCUT2D eigenvalue weighted by Gasteiger charge is -2.36. The van der Waals surface area contributed by atoms with Gasteiger partial charge in [0.05, 0.1) is 12.8 Å². The molecular formula is C18H22F3N5OS. The molecule has 28 heavy (non-hydrogen) atoms. The van der Waals surface area contributed by atoms with Crippen LogP contribution in [0.3, 0.4) is 0 Å². The van der Waals surface area contributed by atoms with Gasteiger partial charge in [-0.2, -0.15) is 18.2 Å². The van der Waals surface area contributed by atoms with Gasteiger partial charge < -0.3 is 20.0 Å². The summed E-state index contributed by atoms with van der Waals surface area (Å²) in [5.74, 6) is 1.46. The molecule has 3 heterocycles. The quantitative estimate of drug-likeness (QED) is 0.733. The Kier molecular flexibility index (Phi) is 6.07. The van der Waals surface area contributed by atoms with E-state index >= 15 is 0 Å². The first-order chi connectivity index (χ1) is 13.2. The zero-order chi connectivity index (χ0) is 20.3. The molecule has 10 heteroatoms. The molecular weight excluding hydrogens is 391 g/mol. The molecule has 0 amide bonds. The third-order valence-electron chi connectivity index (χ3n) is 4.42. The molecule has 0 radical (unpaired) electrons. The fourth-order valence-corrected chi connectivity index (χ4v) is 3.54. The van der Waals surface area contributed by atoms with Crippen LogP contribution >= 0.6 is 12.2 Å². The first-order valence-corrected chi connectivity index (χ1v) is 9.40. The van der Waals surface area contributed by atoms with Crippen LogP contribution in [0.2, 0.25) is 0 Å². The van der Waals surface area contributed by atoms with Crippen molar-refractivity contribution in [3.8, 4) is 0 Å². The van der Waals surface area contributed by atoms with Gasteiger partial charge in [0.1, 0.15) is 11.6 Å². The molecule has 0 aliphatic carbocycles. The Morgan fingerprint density at radius 3 is 2.61 bits per heavy atom. The maximum Gasteiger partial charge on any atom is 0.433 e. The Bertz CT molecular complexity index is 802. The second kappa shape index (κ2) is 8.34. The van der Waals surface area contributed by atoms with E-state index in [9.17, 15) is 13.2 Å². The van der Waals surface area contributed by atoms with Crippen LogP contribution < -0.4 is 15.5 Å². The van der Waals surface area contributed by atoms with Crippen LogP contribution in [0.25, 0.3) is 0 Å². The molecule has 1 fully saturated rings. The molecule has 2 aromatic rings. The van der Waals surface area contributed by atoms with Crippen LogP contribution in [-0.4, -0.2) is 28.2 Å². The van der Waals surface area contributed by atoms with Crippen molar-refractivity contribution in [3.63, 3.8) is 0 Å². The number of furan rings is 1. The van der Waals surface area contributed by atoms with Crippen molar-refractivity contribution >= 4 is 29.1 Å². The third-order valence-corrected chi connectivity index (χ3v) is 4.67. The predicted molar refractivity (Wildman–Crippen MR) is 104 cm³/mol. The summed E-state index contributed by atoms with van der Waals surface area (Å²) in [4.78, 5) is 9.75. The molecule has 0 spiro atoms. The molecule has 2 atom stereocenters. The number of rotatable bonds is 4. The molecule has 1 saturated heterocycles. The van der Waals surface area contributed by atoms with Crippen LogP contribution in [0, 0.1) is 11.8 Å². The van der Waals surface area contributed by atoms with E-state index in [4.69, 9.17) is 16.6 Å². The average molecular weight is 413 g/mol. The minimum atomic E-state index is -4.58. The number of anilines is 2. The lowest BCUT2D eigenvalue weighted by Crippen LogP contribution is -2.39. The molecule has 0 saturated carbocycles. The standard InChI is InChI=1S/C18H22F3N5OS/c1-11-6-12(2)10-26(9-11)15-7-14(18(19,20)21)23-16(24-15)25-17(28)22-8-13-4-3-5-27-13/h3-5,7,11-12H,6,8-10H2,1-2H3,(H2,22,23,24,25,28)/t11-,12-/m1/s1. The maximum atomic E-state index is 13.3. The summed E-state index contributed by atoms with van der Waals surface area (Å²) in [7, 11) is 0. The van der Waals surface area contributed by atoms with E-state index in [0.29, 0.717) is 37.2 Å². The van der Waals surface area contributed by atoms with E-state index in [1.807, 2.05) is 4.90 Å². The molecule has 0 aromatic carbocycles. The SMILES string of the molecule is C[C@@H]1C[C@@H](C)CN(c2cc(C(F)(F)F)nc(NC(=S)NCc3ccco3)n2)C1. The van der Waals surface area contributed by atoms with Crippen molar-refractivity contribution in [3.05, 3.63) is 35.9 Å². The summed E-state index contributed by atoms with van der Waals surface area (Å²) in [6, 6.07) is 4.48. The monoisotopic (exact) mass is 413 g/mol. The molecule has 2 N–H and O–H groups in total. The van der Waals surface area contributed by atoms with Gasteiger partial charge in [0, 0.05) is 19.2 Å². The van der Waals surface area contributed by atoms with Crippen molar-refractivity contribution in [1.29, 1.82) is 0 Å². The molecule has 6 nitrogen and oxygen atoms in total. The number of nitrogens with zero attached hydrogens (tertiary/aromatic N) is 3. The lowest BCUT2D eigenvalue weighted by atomic mass is 9.92. The van der Waals surface area contributed by atoms with E-state index in [1.165, 1.54) is 6.26 Å². The Hall–Kier alpha value is -2.36. The third kappa shape index (κ3) is 5.34. The Balaban J connectivity index is 1.78. The van der Waals surface area contributed by atoms with E-state index in [-0.39, 0.29) is 16.9 Å². The maximum absolute atomic E-state index is 13.3. The number of nitrogens with one attached hydrogen (secondary N) is 2. The number of hydrogen-bond acceptors (Lipinski definition) is 5. The number of thiocarbonyl (C=S) groups is 1. The number of piperidine rings is 1. The first-order valence-electron chi connectivity index (χ1n) is 8.99. The van der Waals surface area contributed by atoms with Gasteiger partial charge >= 0.3 is 6.18 Å². The van der Waals surface area contributed by atoms with Crippen LogP contribution in [-0.2, 0) is 12.7 Å². The van der Waals surface area contributed by atoms with Crippen LogP contribution in [0.1, 0.15) is 31.7 Å².